The molecule has 0 spiro atoms. The number of amides is 14. The number of hydrogen-bond acceptors (Lipinski definition) is 31. The lowest BCUT2D eigenvalue weighted by Gasteiger charge is -2.26. The van der Waals surface area contributed by atoms with E-state index in [2.05, 4.69) is 105 Å². The number of carbonyl (C=O) groups excluding carboxylic acids is 14. The Morgan fingerprint density at radius 2 is 0.902 bits per heavy atom. The Hall–Kier alpha value is -10.2. The van der Waals surface area contributed by atoms with Gasteiger partial charge in [0.2, 0.25) is 70.9 Å². The molecule has 123 heavy (non-hydrogen) atoms. The molecular formula is C74H115FN18O27S3. The fourth-order valence-electron chi connectivity index (χ4n) is 10.1. The number of guanidine groups is 1. The largest absolute Gasteiger partial charge is 0.481 e. The summed E-state index contributed by atoms with van der Waals surface area (Å²) in [6.07, 6.45) is 0.0712. The molecule has 0 aromatic heterocycles. The zero-order valence-corrected chi connectivity index (χ0v) is 70.7. The third kappa shape index (κ3) is 54.1. The number of carbonyl (C=O) groups is 15. The predicted molar refractivity (Wildman–Crippen MR) is 446 cm³/mol. The maximum Gasteiger partial charge on any atom is 0.305 e. The lowest BCUT2D eigenvalue weighted by molar-refractivity contribution is -0.141. The molecule has 20 N–H and O–H groups in total. The van der Waals surface area contributed by atoms with Gasteiger partial charge in [0.15, 0.2) is 12.6 Å². The van der Waals surface area contributed by atoms with Crippen LogP contribution < -0.4 is 86.3 Å². The normalized spacial score (nSPS) is 17.9. The van der Waals surface area contributed by atoms with E-state index in [0.29, 0.717) is 62.5 Å². The Labute approximate surface area is 724 Å². The summed E-state index contributed by atoms with van der Waals surface area (Å²) in [5, 5.41) is 45.2. The molecule has 49 heteroatoms. The number of aliphatic carboxylic acids is 1. The SMILES string of the molecule is NC(=O)COCC(=O)NCCOCCOCCOCCNC(=O)[C@@H]1CSC(=O)N[C@@H](CCCCNC(=O)COCC(=O)NCCOCCOCCOCCOCCOCCNC(=O)CO/N=C/c2ccc(F)cc2)C(=O)N[C@@H](CS)C(=O)N[C@@H](CCCN=C(N)N)C(=O)NCC(=O)N[C@@H](CC(=O)O)C(=O)N[C@@H](CS)C(=O)N[C@@H](Cc2ccccc2)C(=O)N1. The second-order valence-electron chi connectivity index (χ2n) is 26.1. The van der Waals surface area contributed by atoms with E-state index in [-0.39, 0.29) is 175 Å². The number of carboxylic acids is 1. The summed E-state index contributed by atoms with van der Waals surface area (Å²) in [7, 11) is 0. The number of aliphatic imine (C=N–C) groups is 1. The summed E-state index contributed by atoms with van der Waals surface area (Å²) in [5.41, 5.74) is 17.1. The van der Waals surface area contributed by atoms with Crippen LogP contribution in [0.2, 0.25) is 0 Å². The van der Waals surface area contributed by atoms with Crippen molar-refractivity contribution in [2.75, 3.05) is 202 Å². The number of benzene rings is 2. The molecule has 1 heterocycles. The maximum absolute atomic E-state index is 14.6. The molecule has 688 valence electrons. The number of nitrogens with zero attached hydrogens (tertiary/aromatic N) is 2. The van der Waals surface area contributed by atoms with Gasteiger partial charge in [-0.15, -0.1) is 0 Å². The zero-order chi connectivity index (χ0) is 90.0. The van der Waals surface area contributed by atoms with Gasteiger partial charge in [0.05, 0.1) is 125 Å². The van der Waals surface area contributed by atoms with E-state index in [0.717, 1.165) is 0 Å². The van der Waals surface area contributed by atoms with Gasteiger partial charge < -0.3 is 144 Å². The average Bonchev–Trinajstić information content (AvgIpc) is 0.842. The van der Waals surface area contributed by atoms with Gasteiger partial charge in [-0.25, -0.2) is 4.39 Å². The Morgan fingerprint density at radius 1 is 0.472 bits per heavy atom. The minimum atomic E-state index is -1.88. The number of unbranched alkanes of at least 4 members (excludes halogenated alkanes) is 1. The first-order valence-electron chi connectivity index (χ1n) is 39.1. The van der Waals surface area contributed by atoms with Crippen LogP contribution in [0.3, 0.4) is 0 Å². The van der Waals surface area contributed by atoms with Gasteiger partial charge in [0.1, 0.15) is 74.5 Å². The first-order chi connectivity index (χ1) is 59.3. The summed E-state index contributed by atoms with van der Waals surface area (Å²) in [6.45, 7) is 0.607. The first kappa shape index (κ1) is 107. The van der Waals surface area contributed by atoms with E-state index in [1.807, 2.05) is 0 Å². The molecule has 2 aromatic carbocycles. The van der Waals surface area contributed by atoms with E-state index in [1.165, 1.54) is 30.5 Å². The Morgan fingerprint density at radius 3 is 1.40 bits per heavy atom. The second-order valence-corrected chi connectivity index (χ2v) is 27.9. The van der Waals surface area contributed by atoms with Crippen molar-refractivity contribution >= 4 is 137 Å². The van der Waals surface area contributed by atoms with Crippen LogP contribution >= 0.6 is 37.0 Å². The molecule has 0 bridgehead atoms. The first-order valence-corrected chi connectivity index (χ1v) is 41.4. The monoisotopic (exact) mass is 1800 g/mol. The minimum Gasteiger partial charge on any atom is -0.481 e. The van der Waals surface area contributed by atoms with Crippen LogP contribution in [0.4, 0.5) is 9.18 Å². The van der Waals surface area contributed by atoms with Gasteiger partial charge in [-0.1, -0.05) is 59.4 Å². The van der Waals surface area contributed by atoms with Crippen LogP contribution in [-0.4, -0.2) is 349 Å². The lowest BCUT2D eigenvalue weighted by atomic mass is 10.0. The average molecular weight is 1800 g/mol. The van der Waals surface area contributed by atoms with Gasteiger partial charge in [0, 0.05) is 62.9 Å². The Kier molecular flexibility index (Phi) is 58.6. The number of ether oxygens (including phenoxy) is 10. The standard InChI is InChI=1S/C74H115FN18O27S3/c75-51-13-11-50(12-14-51)39-86-120-45-64(99)82-19-23-112-27-31-116-34-36-117-35-33-115-30-26-111-22-18-81-63(98)44-119-43-61(96)79-15-5-4-9-53-68(104)90-56(46-121)71(107)88-52(10-6-16-84-73(77)78)66(102)85-40-60(95)87-55(38-65(100)101)70(106)91-57(47-122)72(108)89-54(37-49-7-2-1-3-8-49)69(105)92-58(48-123-74(109)93-53)67(103)83-20-24-113-28-32-114-29-25-110-21-17-80-62(97)42-118-41-59(76)94/h1-3,7-8,11-14,39,52-58,121-122H,4-6,9-10,15-38,40-48H2,(H2,76,94)(H,79,96)(H,80,97)(H,81,98)(H,82,99)(H,83,103)(H,85,102)(H,87,95)(H,88,107)(H,89,108)(H,90,104)(H,91,106)(H,92,105)(H,93,109)(H,100,101)(H4,77,78,84)/b86-39+/t52-,53-,54-,55-,56-,57-,58-/m0/s1. The van der Waals surface area contributed by atoms with E-state index >= 15 is 0 Å². The van der Waals surface area contributed by atoms with Crippen LogP contribution in [0.15, 0.2) is 64.7 Å². The van der Waals surface area contributed by atoms with Crippen molar-refractivity contribution < 1.29 is 134 Å². The highest BCUT2D eigenvalue weighted by atomic mass is 32.2. The van der Waals surface area contributed by atoms with E-state index in [9.17, 15) is 81.4 Å². The van der Waals surface area contributed by atoms with Crippen LogP contribution in [0.25, 0.3) is 0 Å². The lowest BCUT2D eigenvalue weighted by Crippen LogP contribution is -2.60. The summed E-state index contributed by atoms with van der Waals surface area (Å²) in [4.78, 5) is 207. The Bertz CT molecular complexity index is 3610. The zero-order valence-electron chi connectivity index (χ0n) is 68.1. The molecule has 2 aromatic rings. The van der Waals surface area contributed by atoms with Crippen LogP contribution in [0.5, 0.6) is 0 Å². The third-order valence-electron chi connectivity index (χ3n) is 16.2. The van der Waals surface area contributed by atoms with Crippen molar-refractivity contribution in [3.63, 3.8) is 0 Å². The topological polar surface area (TPSA) is 637 Å². The van der Waals surface area contributed by atoms with Gasteiger partial charge >= 0.3 is 5.97 Å². The molecule has 0 saturated carbocycles. The predicted octanol–water partition coefficient (Wildman–Crippen LogP) is -6.94. The number of halogens is 1. The number of nitrogens with two attached hydrogens (primary N) is 3. The molecule has 14 amide bonds. The summed E-state index contributed by atoms with van der Waals surface area (Å²) in [6, 6.07) is 2.65. The van der Waals surface area contributed by atoms with Crippen LogP contribution in [0, 0.1) is 5.82 Å². The maximum atomic E-state index is 14.6. The fraction of sp³-hybridized carbons (Fsp3) is 0.608. The highest BCUT2D eigenvalue weighted by molar-refractivity contribution is 8.13. The van der Waals surface area contributed by atoms with Gasteiger partial charge in [-0.2, -0.15) is 25.3 Å². The summed E-state index contributed by atoms with van der Waals surface area (Å²) >= 11 is 8.96. The van der Waals surface area contributed by atoms with Crippen molar-refractivity contribution in [1.29, 1.82) is 0 Å². The number of hydrogen-bond donors (Lipinski definition) is 19. The number of oxime groups is 1. The number of thiol groups is 2. The molecule has 0 radical (unpaired) electrons. The van der Waals surface area contributed by atoms with Crippen LogP contribution in [-0.2, 0) is 126 Å². The molecule has 1 fully saturated rings. The summed E-state index contributed by atoms with van der Waals surface area (Å²) in [5.74, 6) is -14.5. The highest BCUT2D eigenvalue weighted by Gasteiger charge is 2.35. The number of carboxylic acid groups (broad SMARTS) is 1. The molecule has 3 rings (SSSR count). The number of primary amides is 1. The Balaban J connectivity index is 1.63. The highest BCUT2D eigenvalue weighted by Crippen LogP contribution is 2.13. The minimum absolute atomic E-state index is 0.00321. The van der Waals surface area contributed by atoms with Gasteiger partial charge in [0.25, 0.3) is 11.1 Å². The molecule has 1 aliphatic heterocycles. The van der Waals surface area contributed by atoms with Gasteiger partial charge in [-0.3, -0.25) is 76.9 Å². The summed E-state index contributed by atoms with van der Waals surface area (Å²) < 4.78 is 67.0. The van der Waals surface area contributed by atoms with Crippen molar-refractivity contribution in [2.24, 2.45) is 27.3 Å². The van der Waals surface area contributed by atoms with E-state index < -0.39 is 174 Å². The number of rotatable bonds is 58. The van der Waals surface area contributed by atoms with E-state index in [1.54, 1.807) is 30.3 Å². The molecule has 1 saturated heterocycles. The quantitative estimate of drug-likeness (QED) is 0.00962. The molecule has 1 aliphatic rings. The molecule has 45 nitrogen and oxygen atoms in total. The molecule has 7 atom stereocenters. The number of thioether (sulfide) groups is 1. The second kappa shape index (κ2) is 67.3. The third-order valence-corrected chi connectivity index (χ3v) is 17.8. The van der Waals surface area contributed by atoms with Crippen molar-refractivity contribution in [3.05, 3.63) is 71.5 Å². The van der Waals surface area contributed by atoms with E-state index in [4.69, 9.17) is 69.4 Å². The molecular weight excluding hydrogens is 1690 g/mol. The smallest absolute Gasteiger partial charge is 0.305 e. The van der Waals surface area contributed by atoms with Crippen molar-refractivity contribution in [1.82, 2.24) is 69.1 Å². The van der Waals surface area contributed by atoms with Crippen LogP contribution in [0.1, 0.15) is 49.7 Å². The fourth-order valence-corrected chi connectivity index (χ4v) is 11.4. The molecule has 0 unspecified atom stereocenters. The van der Waals surface area contributed by atoms with Crippen molar-refractivity contribution in [2.45, 2.75) is 87.2 Å². The van der Waals surface area contributed by atoms with Crippen molar-refractivity contribution in [3.8, 4) is 0 Å². The molecule has 0 aliphatic carbocycles. The van der Waals surface area contributed by atoms with Gasteiger partial charge in [-0.05, 0) is 55.4 Å². The number of nitrogens with one attached hydrogen (secondary N) is 13.